The zero-order valence-corrected chi connectivity index (χ0v) is 9.40. The summed E-state index contributed by atoms with van der Waals surface area (Å²) in [5.41, 5.74) is 3.05. The lowest BCUT2D eigenvalue weighted by Gasteiger charge is -2.03. The molecule has 0 aliphatic rings. The highest BCUT2D eigenvalue weighted by molar-refractivity contribution is 5.80. The monoisotopic (exact) mass is 214 g/mol. The fraction of sp³-hybridized carbons (Fsp3) is 0.154. The second-order valence-electron chi connectivity index (χ2n) is 3.54. The number of methoxy groups -OCH3 is 1. The minimum atomic E-state index is 0.858. The van der Waals surface area contributed by atoms with Crippen LogP contribution in [0.25, 0.3) is 0 Å². The second-order valence-corrected chi connectivity index (χ2v) is 3.54. The first-order valence-electron chi connectivity index (χ1n) is 5.11. The summed E-state index contributed by atoms with van der Waals surface area (Å²) in [6.45, 7) is 2.02. The molecule has 0 saturated heterocycles. The van der Waals surface area contributed by atoms with E-state index < -0.39 is 0 Å². The smallest absolute Gasteiger partial charge is 0.119 e. The number of benzene rings is 1. The normalized spacial score (nSPS) is 10.9. The number of hydrogen-bond donors (Lipinski definition) is 1. The van der Waals surface area contributed by atoms with Gasteiger partial charge in [-0.25, -0.2) is 0 Å². The zero-order valence-electron chi connectivity index (χ0n) is 9.40. The predicted molar refractivity (Wildman–Crippen MR) is 65.8 cm³/mol. The van der Waals surface area contributed by atoms with E-state index in [9.17, 15) is 0 Å². The maximum atomic E-state index is 5.14. The third-order valence-electron chi connectivity index (χ3n) is 2.37. The summed E-state index contributed by atoms with van der Waals surface area (Å²) in [6, 6.07) is 9.76. The molecule has 1 aromatic heterocycles. The number of hydrogen-bond acceptors (Lipinski definition) is 2. The van der Waals surface area contributed by atoms with Gasteiger partial charge in [0.05, 0.1) is 24.7 Å². The van der Waals surface area contributed by atoms with Gasteiger partial charge in [-0.1, -0.05) is 0 Å². The van der Waals surface area contributed by atoms with E-state index in [-0.39, 0.29) is 0 Å². The van der Waals surface area contributed by atoms with Crippen LogP contribution in [0.3, 0.4) is 0 Å². The van der Waals surface area contributed by atoms with Crippen LogP contribution in [0.15, 0.2) is 41.5 Å². The molecule has 2 rings (SSSR count). The van der Waals surface area contributed by atoms with E-state index in [0.29, 0.717) is 0 Å². The van der Waals surface area contributed by atoms with Gasteiger partial charge < -0.3 is 9.72 Å². The Kier molecular flexibility index (Phi) is 3.05. The number of aliphatic imine (C=N–C) groups is 1. The SMILES string of the molecule is COc1ccc(N=Cc2ccc[nH]2)c(C)c1. The van der Waals surface area contributed by atoms with Gasteiger partial charge >= 0.3 is 0 Å². The lowest BCUT2D eigenvalue weighted by atomic mass is 10.2. The molecule has 0 saturated carbocycles. The number of rotatable bonds is 3. The van der Waals surface area contributed by atoms with Gasteiger partial charge in [-0.15, -0.1) is 0 Å². The summed E-state index contributed by atoms with van der Waals surface area (Å²) in [7, 11) is 1.66. The fourth-order valence-electron chi connectivity index (χ4n) is 1.46. The Morgan fingerprint density at radius 2 is 2.19 bits per heavy atom. The highest BCUT2D eigenvalue weighted by atomic mass is 16.5. The molecule has 0 radical (unpaired) electrons. The molecule has 1 aromatic carbocycles. The van der Waals surface area contributed by atoms with Gasteiger partial charge in [0, 0.05) is 6.20 Å². The van der Waals surface area contributed by atoms with Crippen LogP contribution in [0.4, 0.5) is 5.69 Å². The standard InChI is InChI=1S/C13H14N2O/c1-10-8-12(16-2)5-6-13(10)15-9-11-4-3-7-14-11/h3-9,14H,1-2H3. The fourth-order valence-corrected chi connectivity index (χ4v) is 1.46. The summed E-state index contributed by atoms with van der Waals surface area (Å²) in [5.74, 6) is 0.858. The number of aryl methyl sites for hydroxylation is 1. The molecule has 0 amide bonds. The predicted octanol–water partition coefficient (Wildman–Crippen LogP) is 3.08. The number of nitrogens with zero attached hydrogens (tertiary/aromatic N) is 1. The summed E-state index contributed by atoms with van der Waals surface area (Å²) in [6.07, 6.45) is 3.69. The van der Waals surface area contributed by atoms with Gasteiger partial charge in [0.15, 0.2) is 0 Å². The average Bonchev–Trinajstić information content (AvgIpc) is 2.80. The van der Waals surface area contributed by atoms with Gasteiger partial charge in [-0.3, -0.25) is 4.99 Å². The molecule has 1 heterocycles. The maximum absolute atomic E-state index is 5.14. The van der Waals surface area contributed by atoms with Crippen molar-refractivity contribution in [2.45, 2.75) is 6.92 Å². The highest BCUT2D eigenvalue weighted by Crippen LogP contribution is 2.23. The van der Waals surface area contributed by atoms with E-state index in [1.807, 2.05) is 49.7 Å². The van der Waals surface area contributed by atoms with E-state index in [1.165, 1.54) is 0 Å². The molecule has 3 heteroatoms. The molecule has 3 nitrogen and oxygen atoms in total. The van der Waals surface area contributed by atoms with E-state index in [2.05, 4.69) is 9.98 Å². The molecule has 82 valence electrons. The third-order valence-corrected chi connectivity index (χ3v) is 2.37. The summed E-state index contributed by atoms with van der Waals surface area (Å²) in [5, 5.41) is 0. The Balaban J connectivity index is 2.22. The van der Waals surface area contributed by atoms with Crippen LogP contribution in [0.5, 0.6) is 5.75 Å². The van der Waals surface area contributed by atoms with Crippen molar-refractivity contribution in [3.05, 3.63) is 47.8 Å². The quantitative estimate of drug-likeness (QED) is 0.783. The Morgan fingerprint density at radius 1 is 1.31 bits per heavy atom. The van der Waals surface area contributed by atoms with Crippen molar-refractivity contribution < 1.29 is 4.74 Å². The van der Waals surface area contributed by atoms with Gasteiger partial charge in [-0.05, 0) is 42.8 Å². The average molecular weight is 214 g/mol. The molecule has 2 aromatic rings. The van der Waals surface area contributed by atoms with Crippen molar-refractivity contribution in [2.75, 3.05) is 7.11 Å². The van der Waals surface area contributed by atoms with Crippen molar-refractivity contribution in [3.8, 4) is 5.75 Å². The van der Waals surface area contributed by atoms with Crippen LogP contribution < -0.4 is 4.74 Å². The zero-order chi connectivity index (χ0) is 11.4. The lowest BCUT2D eigenvalue weighted by Crippen LogP contribution is -1.84. The summed E-state index contributed by atoms with van der Waals surface area (Å²) in [4.78, 5) is 7.49. The lowest BCUT2D eigenvalue weighted by molar-refractivity contribution is 0.414. The summed E-state index contributed by atoms with van der Waals surface area (Å²) >= 11 is 0. The van der Waals surface area contributed by atoms with Crippen LogP contribution >= 0.6 is 0 Å². The van der Waals surface area contributed by atoms with Crippen LogP contribution in [-0.2, 0) is 0 Å². The number of H-pyrrole nitrogens is 1. The second kappa shape index (κ2) is 4.66. The van der Waals surface area contributed by atoms with Crippen LogP contribution in [0.2, 0.25) is 0 Å². The summed E-state index contributed by atoms with van der Waals surface area (Å²) < 4.78 is 5.14. The van der Waals surface area contributed by atoms with Crippen LogP contribution in [-0.4, -0.2) is 18.3 Å². The third kappa shape index (κ3) is 2.31. The molecular weight excluding hydrogens is 200 g/mol. The van der Waals surface area contributed by atoms with Crippen LogP contribution in [0, 0.1) is 6.92 Å². The highest BCUT2D eigenvalue weighted by Gasteiger charge is 1.97. The topological polar surface area (TPSA) is 37.4 Å². The largest absolute Gasteiger partial charge is 0.497 e. The van der Waals surface area contributed by atoms with Crippen molar-refractivity contribution in [3.63, 3.8) is 0 Å². The molecular formula is C13H14N2O. The molecule has 0 fully saturated rings. The van der Waals surface area contributed by atoms with Gasteiger partial charge in [0.25, 0.3) is 0 Å². The molecule has 0 bridgehead atoms. The van der Waals surface area contributed by atoms with Crippen molar-refractivity contribution in [1.82, 2.24) is 4.98 Å². The van der Waals surface area contributed by atoms with E-state index in [4.69, 9.17) is 4.74 Å². The number of ether oxygens (including phenoxy) is 1. The molecule has 0 atom stereocenters. The molecule has 0 spiro atoms. The Hall–Kier alpha value is -2.03. The minimum absolute atomic E-state index is 0.858. The van der Waals surface area contributed by atoms with E-state index >= 15 is 0 Å². The molecule has 0 unspecified atom stereocenters. The molecule has 0 aliphatic heterocycles. The number of aromatic amines is 1. The Morgan fingerprint density at radius 3 is 2.81 bits per heavy atom. The first kappa shape index (κ1) is 10.5. The van der Waals surface area contributed by atoms with E-state index in [0.717, 1.165) is 22.7 Å². The minimum Gasteiger partial charge on any atom is -0.497 e. The van der Waals surface area contributed by atoms with Gasteiger partial charge in [0.1, 0.15) is 5.75 Å². The van der Waals surface area contributed by atoms with Crippen LogP contribution in [0.1, 0.15) is 11.3 Å². The maximum Gasteiger partial charge on any atom is 0.119 e. The molecule has 1 N–H and O–H groups in total. The Labute approximate surface area is 94.8 Å². The number of nitrogens with one attached hydrogen (secondary N) is 1. The molecule has 0 aliphatic carbocycles. The van der Waals surface area contributed by atoms with Crippen molar-refractivity contribution in [2.24, 2.45) is 4.99 Å². The van der Waals surface area contributed by atoms with Gasteiger partial charge in [-0.2, -0.15) is 0 Å². The number of aromatic nitrogens is 1. The first-order chi connectivity index (χ1) is 7.79. The van der Waals surface area contributed by atoms with Crippen molar-refractivity contribution in [1.29, 1.82) is 0 Å². The van der Waals surface area contributed by atoms with Crippen molar-refractivity contribution >= 4 is 11.9 Å². The first-order valence-corrected chi connectivity index (χ1v) is 5.11. The Bertz CT molecular complexity index is 487. The van der Waals surface area contributed by atoms with Gasteiger partial charge in [0.2, 0.25) is 0 Å². The molecule has 16 heavy (non-hydrogen) atoms. The van der Waals surface area contributed by atoms with E-state index in [1.54, 1.807) is 7.11 Å².